The van der Waals surface area contributed by atoms with E-state index < -0.39 is 0 Å². The van der Waals surface area contributed by atoms with E-state index in [1.54, 1.807) is 7.11 Å². The van der Waals surface area contributed by atoms with Gasteiger partial charge in [0.25, 0.3) is 0 Å². The molecule has 16 heavy (non-hydrogen) atoms. The smallest absolute Gasteiger partial charge is 0.169 e. The van der Waals surface area contributed by atoms with Gasteiger partial charge < -0.3 is 14.9 Å². The molecule has 2 N–H and O–H groups in total. The van der Waals surface area contributed by atoms with Crippen molar-refractivity contribution >= 4 is 15.9 Å². The van der Waals surface area contributed by atoms with Crippen LogP contribution in [0, 0.1) is 0 Å². The highest BCUT2D eigenvalue weighted by Gasteiger charge is 2.12. The van der Waals surface area contributed by atoms with Crippen molar-refractivity contribution in [2.75, 3.05) is 7.11 Å². The minimum atomic E-state index is -0.253. The van der Waals surface area contributed by atoms with Crippen molar-refractivity contribution in [2.24, 2.45) is 5.73 Å². The Kier molecular flexibility index (Phi) is 3.31. The molecule has 1 heterocycles. The van der Waals surface area contributed by atoms with Crippen LogP contribution in [0.3, 0.4) is 0 Å². The van der Waals surface area contributed by atoms with E-state index in [0.29, 0.717) is 4.67 Å². The largest absolute Gasteiger partial charge is 0.497 e. The molecule has 0 aliphatic heterocycles. The monoisotopic (exact) mass is 281 g/mol. The number of furan rings is 1. The molecule has 1 aromatic carbocycles. The lowest BCUT2D eigenvalue weighted by Gasteiger charge is -2.09. The summed E-state index contributed by atoms with van der Waals surface area (Å²) in [6.07, 6.45) is 0. The summed E-state index contributed by atoms with van der Waals surface area (Å²) >= 11 is 3.25. The fourth-order valence-corrected chi connectivity index (χ4v) is 1.79. The molecule has 0 saturated carbocycles. The summed E-state index contributed by atoms with van der Waals surface area (Å²) in [5.74, 6) is 1.55. The van der Waals surface area contributed by atoms with Crippen LogP contribution in [0.15, 0.2) is 45.5 Å². The highest BCUT2D eigenvalue weighted by Crippen LogP contribution is 2.25. The summed E-state index contributed by atoms with van der Waals surface area (Å²) in [5.41, 5.74) is 7.05. The Morgan fingerprint density at radius 3 is 2.38 bits per heavy atom. The third-order valence-corrected chi connectivity index (χ3v) is 2.80. The Balaban J connectivity index is 2.23. The van der Waals surface area contributed by atoms with E-state index in [4.69, 9.17) is 14.9 Å². The Hall–Kier alpha value is -1.26. The zero-order valence-corrected chi connectivity index (χ0v) is 10.4. The van der Waals surface area contributed by atoms with E-state index in [0.717, 1.165) is 17.1 Å². The molecule has 0 saturated heterocycles. The summed E-state index contributed by atoms with van der Waals surface area (Å²) < 4.78 is 11.2. The van der Waals surface area contributed by atoms with Gasteiger partial charge in [0.15, 0.2) is 4.67 Å². The number of benzene rings is 1. The van der Waals surface area contributed by atoms with E-state index in [1.165, 1.54) is 0 Å². The summed E-state index contributed by atoms with van der Waals surface area (Å²) in [6.45, 7) is 0. The average molecular weight is 282 g/mol. The highest BCUT2D eigenvalue weighted by atomic mass is 79.9. The zero-order chi connectivity index (χ0) is 11.5. The maximum Gasteiger partial charge on any atom is 0.169 e. The van der Waals surface area contributed by atoms with Gasteiger partial charge >= 0.3 is 0 Å². The van der Waals surface area contributed by atoms with Crippen LogP contribution in [0.2, 0.25) is 0 Å². The van der Waals surface area contributed by atoms with Crippen LogP contribution in [0.1, 0.15) is 17.4 Å². The predicted molar refractivity (Wildman–Crippen MR) is 65.4 cm³/mol. The fraction of sp³-hybridized carbons (Fsp3) is 0.167. The lowest BCUT2D eigenvalue weighted by molar-refractivity contribution is 0.414. The van der Waals surface area contributed by atoms with E-state index in [9.17, 15) is 0 Å². The van der Waals surface area contributed by atoms with Crippen molar-refractivity contribution in [1.82, 2.24) is 0 Å². The molecule has 0 aliphatic rings. The number of hydrogen-bond acceptors (Lipinski definition) is 3. The normalized spacial score (nSPS) is 12.4. The molecule has 0 amide bonds. The maximum absolute atomic E-state index is 6.07. The third kappa shape index (κ3) is 2.28. The number of halogens is 1. The molecule has 1 unspecified atom stereocenters. The standard InChI is InChI=1S/C12H12BrNO2/c1-15-9-4-2-8(3-5-9)12(14)10-6-7-11(13)16-10/h2-7,12H,14H2,1H3. The van der Waals surface area contributed by atoms with Crippen molar-refractivity contribution < 1.29 is 9.15 Å². The predicted octanol–water partition coefficient (Wildman–Crippen LogP) is 3.10. The third-order valence-electron chi connectivity index (χ3n) is 2.38. The average Bonchev–Trinajstić information content (AvgIpc) is 2.75. The van der Waals surface area contributed by atoms with Crippen LogP contribution in [0.5, 0.6) is 5.75 Å². The van der Waals surface area contributed by atoms with Crippen molar-refractivity contribution in [1.29, 1.82) is 0 Å². The molecular formula is C12H12BrNO2. The maximum atomic E-state index is 6.07. The molecule has 2 rings (SSSR count). The molecule has 2 aromatic rings. The number of rotatable bonds is 3. The van der Waals surface area contributed by atoms with Crippen LogP contribution in [-0.2, 0) is 0 Å². The van der Waals surface area contributed by atoms with E-state index in [2.05, 4.69) is 15.9 Å². The summed E-state index contributed by atoms with van der Waals surface area (Å²) in [4.78, 5) is 0. The highest BCUT2D eigenvalue weighted by molar-refractivity contribution is 9.10. The molecular weight excluding hydrogens is 270 g/mol. The SMILES string of the molecule is COc1ccc(C(N)c2ccc(Br)o2)cc1. The van der Waals surface area contributed by atoms with Crippen LogP contribution >= 0.6 is 15.9 Å². The molecule has 84 valence electrons. The van der Waals surface area contributed by atoms with Gasteiger partial charge in [-0.2, -0.15) is 0 Å². The number of hydrogen-bond donors (Lipinski definition) is 1. The van der Waals surface area contributed by atoms with Crippen LogP contribution < -0.4 is 10.5 Å². The lowest BCUT2D eigenvalue weighted by Crippen LogP contribution is -2.10. The van der Waals surface area contributed by atoms with Crippen LogP contribution in [0.4, 0.5) is 0 Å². The topological polar surface area (TPSA) is 48.4 Å². The van der Waals surface area contributed by atoms with Gasteiger partial charge in [-0.3, -0.25) is 0 Å². The van der Waals surface area contributed by atoms with Crippen molar-refractivity contribution in [3.8, 4) is 5.75 Å². The second-order valence-corrected chi connectivity index (χ2v) is 4.17. The Labute approximate surface area is 102 Å². The van der Waals surface area contributed by atoms with E-state index >= 15 is 0 Å². The van der Waals surface area contributed by atoms with Gasteiger partial charge in [-0.15, -0.1) is 0 Å². The van der Waals surface area contributed by atoms with Gasteiger partial charge in [-0.1, -0.05) is 12.1 Å². The number of methoxy groups -OCH3 is 1. The zero-order valence-electron chi connectivity index (χ0n) is 8.81. The van der Waals surface area contributed by atoms with Gasteiger partial charge in [0.2, 0.25) is 0 Å². The summed E-state index contributed by atoms with van der Waals surface area (Å²) in [5, 5.41) is 0. The van der Waals surface area contributed by atoms with Gasteiger partial charge in [-0.05, 0) is 45.8 Å². The van der Waals surface area contributed by atoms with Crippen molar-refractivity contribution in [3.05, 3.63) is 52.4 Å². The first-order valence-corrected chi connectivity index (χ1v) is 5.65. The first-order valence-electron chi connectivity index (χ1n) is 4.85. The minimum Gasteiger partial charge on any atom is -0.497 e. The summed E-state index contributed by atoms with van der Waals surface area (Å²) in [7, 11) is 1.64. The Morgan fingerprint density at radius 1 is 1.19 bits per heavy atom. The second-order valence-electron chi connectivity index (χ2n) is 3.39. The molecule has 1 atom stereocenters. The molecule has 0 aliphatic carbocycles. The summed E-state index contributed by atoms with van der Waals surface area (Å²) in [6, 6.07) is 11.1. The van der Waals surface area contributed by atoms with E-state index in [-0.39, 0.29) is 6.04 Å². The number of ether oxygens (including phenoxy) is 1. The number of nitrogens with two attached hydrogens (primary N) is 1. The molecule has 0 radical (unpaired) electrons. The molecule has 1 aromatic heterocycles. The molecule has 0 bridgehead atoms. The van der Waals surface area contributed by atoms with Crippen LogP contribution in [0.25, 0.3) is 0 Å². The van der Waals surface area contributed by atoms with E-state index in [1.807, 2.05) is 36.4 Å². The van der Waals surface area contributed by atoms with Crippen LogP contribution in [-0.4, -0.2) is 7.11 Å². The second kappa shape index (κ2) is 4.72. The van der Waals surface area contributed by atoms with Gasteiger partial charge in [-0.25, -0.2) is 0 Å². The Morgan fingerprint density at radius 2 is 1.88 bits per heavy atom. The molecule has 3 nitrogen and oxygen atoms in total. The Bertz CT molecular complexity index is 464. The first-order chi connectivity index (χ1) is 7.70. The fourth-order valence-electron chi connectivity index (χ4n) is 1.47. The van der Waals surface area contributed by atoms with Gasteiger partial charge in [0.1, 0.15) is 11.5 Å². The molecule has 4 heteroatoms. The van der Waals surface area contributed by atoms with Crippen molar-refractivity contribution in [2.45, 2.75) is 6.04 Å². The van der Waals surface area contributed by atoms with Crippen molar-refractivity contribution in [3.63, 3.8) is 0 Å². The molecule has 0 spiro atoms. The minimum absolute atomic E-state index is 0.253. The van der Waals surface area contributed by atoms with Gasteiger partial charge in [0.05, 0.1) is 13.2 Å². The first kappa shape index (κ1) is 11.2. The lowest BCUT2D eigenvalue weighted by atomic mass is 10.1. The quantitative estimate of drug-likeness (QED) is 0.941. The molecule has 0 fully saturated rings. The van der Waals surface area contributed by atoms with Gasteiger partial charge in [0, 0.05) is 0 Å².